The van der Waals surface area contributed by atoms with Crippen molar-refractivity contribution in [3.8, 4) is 21.7 Å². The standard InChI is InChI=1S/C21H19N5OS/c22-20-19-16(18-2-1-11-28-18)12-17(25-21(19)24-13-23-20)14-3-5-15(6-4-14)26-7-9-27-10-8-26/h1-6,11-13H,7-10H2,(H2,22,23,24,25). The zero-order valence-corrected chi connectivity index (χ0v) is 16.0. The van der Waals surface area contributed by atoms with Gasteiger partial charge in [-0.1, -0.05) is 18.2 Å². The zero-order chi connectivity index (χ0) is 18.9. The van der Waals surface area contributed by atoms with Crippen molar-refractivity contribution in [2.45, 2.75) is 0 Å². The molecule has 0 unspecified atom stereocenters. The SMILES string of the molecule is Nc1ncnc2nc(-c3ccc(N4CCOCC4)cc3)cc(-c3cccs3)c12. The Morgan fingerprint density at radius 3 is 2.61 bits per heavy atom. The molecule has 7 heteroatoms. The predicted octanol–water partition coefficient (Wildman–Crippen LogP) is 3.84. The molecule has 3 aromatic heterocycles. The summed E-state index contributed by atoms with van der Waals surface area (Å²) in [5.41, 5.74) is 10.9. The van der Waals surface area contributed by atoms with Gasteiger partial charge in [0.15, 0.2) is 5.65 Å². The highest BCUT2D eigenvalue weighted by Crippen LogP contribution is 2.36. The monoisotopic (exact) mass is 389 g/mol. The smallest absolute Gasteiger partial charge is 0.165 e. The Morgan fingerprint density at radius 2 is 1.86 bits per heavy atom. The second-order valence-electron chi connectivity index (χ2n) is 6.64. The van der Waals surface area contributed by atoms with Crippen molar-refractivity contribution in [3.05, 3.63) is 54.2 Å². The number of rotatable bonds is 3. The maximum atomic E-state index is 6.15. The summed E-state index contributed by atoms with van der Waals surface area (Å²) in [7, 11) is 0. The highest BCUT2D eigenvalue weighted by Gasteiger charge is 2.15. The van der Waals surface area contributed by atoms with Crippen molar-refractivity contribution in [1.29, 1.82) is 0 Å². The number of pyridine rings is 1. The maximum Gasteiger partial charge on any atom is 0.165 e. The molecule has 0 bridgehead atoms. The van der Waals surface area contributed by atoms with Gasteiger partial charge in [-0.2, -0.15) is 0 Å². The van der Waals surface area contributed by atoms with E-state index in [2.05, 4.69) is 56.6 Å². The summed E-state index contributed by atoms with van der Waals surface area (Å²) in [5, 5.41) is 2.86. The lowest BCUT2D eigenvalue weighted by molar-refractivity contribution is 0.122. The summed E-state index contributed by atoms with van der Waals surface area (Å²) in [6, 6.07) is 14.7. The van der Waals surface area contributed by atoms with Crippen molar-refractivity contribution in [2.24, 2.45) is 0 Å². The van der Waals surface area contributed by atoms with Crippen LogP contribution in [0.5, 0.6) is 0 Å². The van der Waals surface area contributed by atoms with Crippen molar-refractivity contribution in [2.75, 3.05) is 36.9 Å². The molecule has 2 N–H and O–H groups in total. The highest BCUT2D eigenvalue weighted by molar-refractivity contribution is 7.13. The number of anilines is 2. The predicted molar refractivity (Wildman–Crippen MR) is 114 cm³/mol. The normalized spacial score (nSPS) is 14.5. The summed E-state index contributed by atoms with van der Waals surface area (Å²) in [5.74, 6) is 0.454. The average Bonchev–Trinajstić information content (AvgIpc) is 3.29. The van der Waals surface area contributed by atoms with Gasteiger partial charge < -0.3 is 15.4 Å². The van der Waals surface area contributed by atoms with Crippen molar-refractivity contribution >= 4 is 33.9 Å². The molecule has 0 atom stereocenters. The number of nitrogens with zero attached hydrogens (tertiary/aromatic N) is 4. The summed E-state index contributed by atoms with van der Waals surface area (Å²) >= 11 is 1.67. The average molecular weight is 389 g/mol. The Hall–Kier alpha value is -3.03. The van der Waals surface area contributed by atoms with Gasteiger partial charge in [0.1, 0.15) is 12.1 Å². The number of hydrogen-bond acceptors (Lipinski definition) is 7. The Morgan fingerprint density at radius 1 is 1.04 bits per heavy atom. The van der Waals surface area contributed by atoms with Crippen LogP contribution in [-0.2, 0) is 4.74 Å². The maximum absolute atomic E-state index is 6.15. The van der Waals surface area contributed by atoms with Crippen LogP contribution in [0.4, 0.5) is 11.5 Å². The van der Waals surface area contributed by atoms with E-state index in [9.17, 15) is 0 Å². The first kappa shape index (κ1) is 17.1. The van der Waals surface area contributed by atoms with Gasteiger partial charge in [0.25, 0.3) is 0 Å². The van der Waals surface area contributed by atoms with Crippen molar-refractivity contribution < 1.29 is 4.74 Å². The summed E-state index contributed by atoms with van der Waals surface area (Å²) in [6.07, 6.45) is 1.47. The lowest BCUT2D eigenvalue weighted by Gasteiger charge is -2.28. The van der Waals surface area contributed by atoms with E-state index in [1.807, 2.05) is 6.07 Å². The molecule has 1 aliphatic heterocycles. The number of ether oxygens (including phenoxy) is 1. The van der Waals surface area contributed by atoms with Crippen LogP contribution in [-0.4, -0.2) is 41.3 Å². The quantitative estimate of drug-likeness (QED) is 0.574. The largest absolute Gasteiger partial charge is 0.383 e. The van der Waals surface area contributed by atoms with Gasteiger partial charge in [-0.15, -0.1) is 11.3 Å². The van der Waals surface area contributed by atoms with E-state index in [1.165, 1.54) is 12.0 Å². The van der Waals surface area contributed by atoms with Crippen LogP contribution in [0.2, 0.25) is 0 Å². The molecule has 140 valence electrons. The molecule has 0 radical (unpaired) electrons. The van der Waals surface area contributed by atoms with Crippen LogP contribution < -0.4 is 10.6 Å². The Bertz CT molecular complexity index is 1110. The Balaban J connectivity index is 1.59. The molecule has 1 aromatic carbocycles. The molecule has 0 aliphatic carbocycles. The Labute approximate surface area is 166 Å². The number of nitrogen functional groups attached to an aromatic ring is 1. The number of nitrogens with two attached hydrogens (primary N) is 1. The molecule has 0 spiro atoms. The molecule has 5 rings (SSSR count). The molecule has 0 saturated carbocycles. The molecule has 0 amide bonds. The van der Waals surface area contributed by atoms with Crippen LogP contribution in [0, 0.1) is 0 Å². The number of fused-ring (bicyclic) bond motifs is 1. The fourth-order valence-corrected chi connectivity index (χ4v) is 4.28. The summed E-state index contributed by atoms with van der Waals surface area (Å²) in [4.78, 5) is 16.8. The number of hydrogen-bond donors (Lipinski definition) is 1. The third kappa shape index (κ3) is 3.08. The number of benzene rings is 1. The van der Waals surface area contributed by atoms with Gasteiger partial charge in [-0.3, -0.25) is 0 Å². The summed E-state index contributed by atoms with van der Waals surface area (Å²) in [6.45, 7) is 3.40. The zero-order valence-electron chi connectivity index (χ0n) is 15.2. The van der Waals surface area contributed by atoms with Crippen LogP contribution in [0.1, 0.15) is 0 Å². The molecule has 4 heterocycles. The first-order valence-electron chi connectivity index (χ1n) is 9.18. The minimum absolute atomic E-state index is 0.454. The van der Waals surface area contributed by atoms with E-state index in [0.717, 1.165) is 53.4 Å². The minimum atomic E-state index is 0.454. The number of morpholine rings is 1. The lowest BCUT2D eigenvalue weighted by atomic mass is 10.0. The Kier molecular flexibility index (Phi) is 4.38. The van der Waals surface area contributed by atoms with Gasteiger partial charge in [0.2, 0.25) is 0 Å². The first-order valence-corrected chi connectivity index (χ1v) is 10.1. The van der Waals surface area contributed by atoms with E-state index >= 15 is 0 Å². The fourth-order valence-electron chi connectivity index (χ4n) is 3.53. The van der Waals surface area contributed by atoms with Gasteiger partial charge in [-0.25, -0.2) is 15.0 Å². The van der Waals surface area contributed by atoms with Crippen LogP contribution in [0.25, 0.3) is 32.7 Å². The number of aromatic nitrogens is 3. The minimum Gasteiger partial charge on any atom is -0.383 e. The van der Waals surface area contributed by atoms with E-state index in [1.54, 1.807) is 11.3 Å². The van der Waals surface area contributed by atoms with Crippen LogP contribution in [0.15, 0.2) is 54.2 Å². The van der Waals surface area contributed by atoms with Gasteiger partial charge in [-0.05, 0) is 29.6 Å². The van der Waals surface area contributed by atoms with Crippen molar-refractivity contribution in [3.63, 3.8) is 0 Å². The van der Waals surface area contributed by atoms with Gasteiger partial charge >= 0.3 is 0 Å². The topological polar surface area (TPSA) is 77.2 Å². The lowest BCUT2D eigenvalue weighted by Crippen LogP contribution is -2.36. The van der Waals surface area contributed by atoms with E-state index in [4.69, 9.17) is 15.5 Å². The van der Waals surface area contributed by atoms with E-state index < -0.39 is 0 Å². The van der Waals surface area contributed by atoms with Crippen molar-refractivity contribution in [1.82, 2.24) is 15.0 Å². The second kappa shape index (κ2) is 7.18. The van der Waals surface area contributed by atoms with Crippen LogP contribution >= 0.6 is 11.3 Å². The van der Waals surface area contributed by atoms with Gasteiger partial charge in [0, 0.05) is 34.8 Å². The van der Waals surface area contributed by atoms with E-state index in [-0.39, 0.29) is 0 Å². The van der Waals surface area contributed by atoms with Crippen LogP contribution in [0.3, 0.4) is 0 Å². The molecule has 28 heavy (non-hydrogen) atoms. The van der Waals surface area contributed by atoms with Gasteiger partial charge in [0.05, 0.1) is 24.3 Å². The molecule has 4 aromatic rings. The molecule has 1 fully saturated rings. The molecular weight excluding hydrogens is 370 g/mol. The number of thiophene rings is 1. The second-order valence-corrected chi connectivity index (χ2v) is 7.58. The fraction of sp³-hybridized carbons (Fsp3) is 0.190. The first-order chi connectivity index (χ1) is 13.8. The molecule has 1 saturated heterocycles. The molecular formula is C21H19N5OS. The third-order valence-electron chi connectivity index (χ3n) is 4.96. The third-order valence-corrected chi connectivity index (χ3v) is 5.86. The molecule has 6 nitrogen and oxygen atoms in total. The highest BCUT2D eigenvalue weighted by atomic mass is 32.1. The molecule has 1 aliphatic rings. The van der Waals surface area contributed by atoms with E-state index in [0.29, 0.717) is 11.5 Å². The summed E-state index contributed by atoms with van der Waals surface area (Å²) < 4.78 is 5.44.